The number of allylic oxidation sites excluding steroid dienone is 6. The van der Waals surface area contributed by atoms with Crippen LogP contribution in [0.25, 0.3) is 0 Å². The highest BCUT2D eigenvalue weighted by Gasteiger charge is 2.45. The summed E-state index contributed by atoms with van der Waals surface area (Å²) in [5.74, 6) is -0.353. The van der Waals surface area contributed by atoms with Gasteiger partial charge in [-0.05, 0) is 75.6 Å². The molecule has 12 nitrogen and oxygen atoms in total. The molecule has 15 heteroatoms. The number of carbonyl (C=O) groups is 1. The van der Waals surface area contributed by atoms with Crippen molar-refractivity contribution < 1.29 is 43.7 Å². The zero-order chi connectivity index (χ0) is 40.1. The summed E-state index contributed by atoms with van der Waals surface area (Å²) in [6.07, 6.45) is 14.2. The number of hydrogen-bond acceptors (Lipinski definition) is 8. The van der Waals surface area contributed by atoms with Gasteiger partial charge < -0.3 is 10.2 Å². The van der Waals surface area contributed by atoms with Crippen molar-refractivity contribution in [2.24, 2.45) is 0 Å². The van der Waals surface area contributed by atoms with Gasteiger partial charge in [0.1, 0.15) is 6.54 Å². The minimum absolute atomic E-state index is 0.0560. The predicted octanol–water partition coefficient (Wildman–Crippen LogP) is 6.39. The van der Waals surface area contributed by atoms with Crippen LogP contribution in [0.3, 0.4) is 0 Å². The summed E-state index contributed by atoms with van der Waals surface area (Å²) < 4.78 is 92.4. The van der Waals surface area contributed by atoms with Crippen LogP contribution in [-0.4, -0.2) is 75.9 Å². The van der Waals surface area contributed by atoms with E-state index in [0.717, 1.165) is 65.0 Å². The Morgan fingerprint density at radius 2 is 1.44 bits per heavy atom. The molecule has 0 atom stereocenters. The third kappa shape index (κ3) is 9.85. The van der Waals surface area contributed by atoms with Crippen LogP contribution in [0.1, 0.15) is 84.3 Å². The molecular formula is C39H52N3O9S3+. The highest BCUT2D eigenvalue weighted by molar-refractivity contribution is 7.94. The summed E-state index contributed by atoms with van der Waals surface area (Å²) in [4.78, 5) is 13.9. The standard InChI is InChI=1S/C39H51N3O9S3/c1-7-41-33-22-20-29(53(46,47)48)27-31(33)38(3,4)35(41)17-13-12-14-18-36-39(5,6)32-28-30(54(49,50)51)21-23-34(32)42(36)25-16-11-9-10-15-19-37(43)40-24-26-52(44,45)8-2/h8,12-14,17-18,20-23,27-28H,2,7,9-11,15-16,19,24-26H2,1,3-6H3,(H2-,40,43,46,47,48,49,50,51)/p+1. The van der Waals surface area contributed by atoms with Crippen molar-refractivity contribution in [3.63, 3.8) is 0 Å². The molecule has 0 saturated heterocycles. The van der Waals surface area contributed by atoms with Crippen molar-refractivity contribution in [1.29, 1.82) is 0 Å². The Hall–Kier alpha value is -3.89. The average molecular weight is 803 g/mol. The largest absolute Gasteiger partial charge is 0.355 e. The zero-order valence-electron chi connectivity index (χ0n) is 31.6. The van der Waals surface area contributed by atoms with Crippen LogP contribution < -0.4 is 10.2 Å². The van der Waals surface area contributed by atoms with Gasteiger partial charge in [-0.3, -0.25) is 13.9 Å². The van der Waals surface area contributed by atoms with E-state index in [2.05, 4.69) is 21.4 Å². The number of nitrogens with one attached hydrogen (secondary N) is 1. The van der Waals surface area contributed by atoms with Gasteiger partial charge in [-0.15, -0.1) is 0 Å². The number of sulfone groups is 1. The fraction of sp³-hybridized carbons (Fsp3) is 0.436. The van der Waals surface area contributed by atoms with E-state index >= 15 is 0 Å². The van der Waals surface area contributed by atoms with Crippen molar-refractivity contribution in [1.82, 2.24) is 5.32 Å². The number of anilines is 1. The molecule has 4 rings (SSSR count). The lowest BCUT2D eigenvalue weighted by Gasteiger charge is -2.25. The minimum Gasteiger partial charge on any atom is -0.355 e. The first kappa shape index (κ1) is 42.8. The topological polar surface area (TPSA) is 178 Å². The van der Waals surface area contributed by atoms with E-state index in [9.17, 15) is 39.2 Å². The number of fused-ring (bicyclic) bond motifs is 2. The fourth-order valence-electron chi connectivity index (χ4n) is 7.16. The van der Waals surface area contributed by atoms with E-state index in [1.165, 1.54) is 24.3 Å². The van der Waals surface area contributed by atoms with Gasteiger partial charge in [0.05, 0.1) is 21.0 Å². The van der Waals surface area contributed by atoms with Crippen molar-refractivity contribution >= 4 is 53.1 Å². The van der Waals surface area contributed by atoms with Crippen molar-refractivity contribution in [2.75, 3.05) is 30.3 Å². The Balaban J connectivity index is 1.48. The lowest BCUT2D eigenvalue weighted by Crippen LogP contribution is -2.28. The van der Waals surface area contributed by atoms with Crippen LogP contribution in [-0.2, 0) is 45.7 Å². The quantitative estimate of drug-likeness (QED) is 0.0663. The number of likely N-dealkylation sites (N-methyl/N-ethyl adjacent to an activating group) is 1. The molecule has 2 aromatic carbocycles. The van der Waals surface area contributed by atoms with Crippen molar-refractivity contribution in [3.8, 4) is 0 Å². The molecule has 2 heterocycles. The number of carbonyl (C=O) groups excluding carboxylic acids is 1. The lowest BCUT2D eigenvalue weighted by atomic mass is 9.81. The molecule has 2 aromatic rings. The highest BCUT2D eigenvalue weighted by atomic mass is 32.2. The fourth-order valence-corrected chi connectivity index (χ4v) is 8.73. The van der Waals surface area contributed by atoms with Crippen LogP contribution in [0.2, 0.25) is 0 Å². The van der Waals surface area contributed by atoms with Crippen LogP contribution in [0, 0.1) is 0 Å². The van der Waals surface area contributed by atoms with Crippen molar-refractivity contribution in [3.05, 3.63) is 95.6 Å². The van der Waals surface area contributed by atoms with Gasteiger partial charge >= 0.3 is 0 Å². The molecule has 0 aromatic heterocycles. The summed E-state index contributed by atoms with van der Waals surface area (Å²) in [5.41, 5.74) is 4.13. The maximum Gasteiger partial charge on any atom is 0.294 e. The molecule has 0 bridgehead atoms. The van der Waals surface area contributed by atoms with Gasteiger partial charge in [0.2, 0.25) is 11.6 Å². The van der Waals surface area contributed by atoms with Gasteiger partial charge in [-0.1, -0.05) is 51.5 Å². The normalized spacial score (nSPS) is 17.5. The number of benzene rings is 2. The van der Waals surface area contributed by atoms with Gasteiger partial charge in [0.25, 0.3) is 20.2 Å². The molecule has 0 spiro atoms. The second-order valence-corrected chi connectivity index (χ2v) is 19.4. The molecule has 2 aliphatic rings. The van der Waals surface area contributed by atoms with Crippen LogP contribution in [0.4, 0.5) is 11.4 Å². The summed E-state index contributed by atoms with van der Waals surface area (Å²) in [5, 5.41) is 3.52. The maximum absolute atomic E-state index is 12.1. The second-order valence-electron chi connectivity index (χ2n) is 14.5. The second kappa shape index (κ2) is 16.9. The first-order valence-electron chi connectivity index (χ1n) is 18.0. The maximum atomic E-state index is 12.1. The van der Waals surface area contributed by atoms with Crippen LogP contribution >= 0.6 is 0 Å². The average Bonchev–Trinajstić information content (AvgIpc) is 3.44. The monoisotopic (exact) mass is 802 g/mol. The van der Waals surface area contributed by atoms with Gasteiger partial charge in [-0.25, -0.2) is 8.42 Å². The Morgan fingerprint density at radius 3 is 2.07 bits per heavy atom. The van der Waals surface area contributed by atoms with E-state index in [-0.39, 0.29) is 28.0 Å². The van der Waals surface area contributed by atoms with E-state index in [0.29, 0.717) is 25.9 Å². The molecule has 294 valence electrons. The van der Waals surface area contributed by atoms with E-state index in [4.69, 9.17) is 0 Å². The number of unbranched alkanes of at least 4 members (excludes halogenated alkanes) is 4. The molecule has 0 radical (unpaired) electrons. The Labute approximate surface area is 320 Å². The van der Waals surface area contributed by atoms with Crippen LogP contribution in [0.15, 0.2) is 94.3 Å². The lowest BCUT2D eigenvalue weighted by molar-refractivity contribution is -0.438. The van der Waals surface area contributed by atoms with E-state index in [1.54, 1.807) is 12.1 Å². The summed E-state index contributed by atoms with van der Waals surface area (Å²) in [6, 6.07) is 9.33. The molecule has 0 unspecified atom stereocenters. The SMILES string of the molecule is C=CS(=O)(=O)CCNC(=O)CCCCCCC[N+]1=C(/C=C/C=C/C=C2\N(CC)c3ccc(S(=O)(=O)O)cc3C2(C)C)C(C)(C)c2cc(S(=O)(=O)O)ccc21. The summed E-state index contributed by atoms with van der Waals surface area (Å²) >= 11 is 0. The van der Waals surface area contributed by atoms with E-state index in [1.807, 2.05) is 65.0 Å². The zero-order valence-corrected chi connectivity index (χ0v) is 34.0. The molecule has 1 amide bonds. The molecule has 0 saturated carbocycles. The number of nitrogens with zero attached hydrogens (tertiary/aromatic N) is 2. The number of hydrogen-bond donors (Lipinski definition) is 3. The summed E-state index contributed by atoms with van der Waals surface area (Å²) in [6.45, 7) is 14.7. The third-order valence-corrected chi connectivity index (χ3v) is 13.1. The van der Waals surface area contributed by atoms with Crippen LogP contribution in [0.5, 0.6) is 0 Å². The predicted molar refractivity (Wildman–Crippen MR) is 212 cm³/mol. The molecular weight excluding hydrogens is 751 g/mol. The number of rotatable bonds is 18. The molecule has 0 fully saturated rings. The van der Waals surface area contributed by atoms with Crippen molar-refractivity contribution in [2.45, 2.75) is 93.8 Å². The smallest absolute Gasteiger partial charge is 0.294 e. The third-order valence-electron chi connectivity index (χ3n) is 10.1. The Kier molecular flexibility index (Phi) is 13.4. The van der Waals surface area contributed by atoms with Gasteiger partial charge in [0, 0.05) is 65.8 Å². The first-order chi connectivity index (χ1) is 25.1. The van der Waals surface area contributed by atoms with Gasteiger partial charge in [0.15, 0.2) is 15.5 Å². The van der Waals surface area contributed by atoms with Gasteiger partial charge in [-0.2, -0.15) is 21.4 Å². The molecule has 54 heavy (non-hydrogen) atoms. The minimum atomic E-state index is -4.41. The molecule has 3 N–H and O–H groups in total. The molecule has 0 aliphatic carbocycles. The Morgan fingerprint density at radius 1 is 0.833 bits per heavy atom. The Bertz CT molecular complexity index is 2230. The first-order valence-corrected chi connectivity index (χ1v) is 22.6. The van der Waals surface area contributed by atoms with E-state index < -0.39 is 40.9 Å². The summed E-state index contributed by atoms with van der Waals surface area (Å²) in [7, 11) is -12.1. The highest BCUT2D eigenvalue weighted by Crippen LogP contribution is 2.48. The number of amides is 1. The molecule has 2 aliphatic heterocycles.